The van der Waals surface area contributed by atoms with Crippen molar-refractivity contribution >= 4 is 59.3 Å². The molecule has 78 valence electrons. The van der Waals surface area contributed by atoms with Gasteiger partial charge in [0.25, 0.3) is 0 Å². The van der Waals surface area contributed by atoms with Gasteiger partial charge in [-0.3, -0.25) is 4.72 Å². The van der Waals surface area contributed by atoms with Crippen molar-refractivity contribution in [2.24, 2.45) is 0 Å². The van der Waals surface area contributed by atoms with Crippen LogP contribution in [0.2, 0.25) is 5.02 Å². The normalized spacial score (nSPS) is 11.4. The van der Waals surface area contributed by atoms with Crippen molar-refractivity contribution in [3.05, 3.63) is 21.8 Å². The molecule has 1 aromatic heterocycles. The highest BCUT2D eigenvalue weighted by Crippen LogP contribution is 2.23. The van der Waals surface area contributed by atoms with Crippen LogP contribution in [0.3, 0.4) is 0 Å². The van der Waals surface area contributed by atoms with Gasteiger partial charge in [-0.15, -0.1) is 0 Å². The number of pyridine rings is 1. The Bertz CT molecular complexity index is 437. The van der Waals surface area contributed by atoms with Gasteiger partial charge >= 0.3 is 0 Å². The number of hydrogen-bond acceptors (Lipinski definition) is 3. The molecule has 0 amide bonds. The second-order valence-corrected chi connectivity index (χ2v) is 6.60. The number of anilines is 1. The van der Waals surface area contributed by atoms with Crippen LogP contribution in [0.4, 0.5) is 5.82 Å². The first-order chi connectivity index (χ1) is 6.44. The Morgan fingerprint density at radius 3 is 2.71 bits per heavy atom. The topological polar surface area (TPSA) is 59.1 Å². The Hall–Kier alpha value is 0.150. The average molecular weight is 364 g/mol. The van der Waals surface area contributed by atoms with Gasteiger partial charge in [0, 0.05) is 12.3 Å². The minimum absolute atomic E-state index is 0.185. The second kappa shape index (κ2) is 4.78. The Labute approximate surface area is 103 Å². The van der Waals surface area contributed by atoms with E-state index >= 15 is 0 Å². The Balaban J connectivity index is 2.94. The van der Waals surface area contributed by atoms with Gasteiger partial charge in [0.2, 0.25) is 10.0 Å². The molecule has 0 spiro atoms. The van der Waals surface area contributed by atoms with Gasteiger partial charge in [-0.1, -0.05) is 27.5 Å². The molecule has 14 heavy (non-hydrogen) atoms. The first-order valence-corrected chi connectivity index (χ1v) is 7.26. The van der Waals surface area contributed by atoms with Gasteiger partial charge in [-0.2, -0.15) is 0 Å². The van der Waals surface area contributed by atoms with Crippen LogP contribution in [-0.2, 0) is 10.0 Å². The summed E-state index contributed by atoms with van der Waals surface area (Å²) in [6.45, 7) is 0. The van der Waals surface area contributed by atoms with Crippen molar-refractivity contribution in [3.63, 3.8) is 0 Å². The molecule has 4 nitrogen and oxygen atoms in total. The molecule has 0 aromatic carbocycles. The quantitative estimate of drug-likeness (QED) is 0.839. The molecule has 1 rings (SSSR count). The maximum atomic E-state index is 11.1. The first-order valence-electron chi connectivity index (χ1n) is 3.32. The van der Waals surface area contributed by atoms with E-state index in [0.29, 0.717) is 9.50 Å². The van der Waals surface area contributed by atoms with Gasteiger partial charge in [-0.25, -0.2) is 13.4 Å². The third-order valence-electron chi connectivity index (χ3n) is 1.21. The average Bonchev–Trinajstić information content (AvgIpc) is 2.11. The molecule has 0 fully saturated rings. The van der Waals surface area contributed by atoms with E-state index in [0.717, 1.165) is 0 Å². The number of rotatable bonds is 3. The zero-order valence-electron chi connectivity index (χ0n) is 6.67. The molecule has 1 aromatic rings. The maximum Gasteiger partial charge on any atom is 0.243 e. The van der Waals surface area contributed by atoms with E-state index in [2.05, 4.69) is 41.6 Å². The number of hydrogen-bond donors (Lipinski definition) is 1. The summed E-state index contributed by atoms with van der Waals surface area (Å²) in [4.78, 5) is 3.83. The van der Waals surface area contributed by atoms with Crippen molar-refractivity contribution in [3.8, 4) is 0 Å². The van der Waals surface area contributed by atoms with Crippen LogP contribution >= 0.6 is 43.5 Å². The molecule has 0 aliphatic rings. The molecule has 0 saturated heterocycles. The lowest BCUT2D eigenvalue weighted by Gasteiger charge is -2.04. The minimum atomic E-state index is -3.37. The number of aromatic nitrogens is 1. The van der Waals surface area contributed by atoms with E-state index < -0.39 is 10.0 Å². The fraction of sp³-hybridized carbons (Fsp3) is 0.167. The lowest BCUT2D eigenvalue weighted by atomic mass is 10.5. The van der Waals surface area contributed by atoms with E-state index in [-0.39, 0.29) is 10.5 Å². The van der Waals surface area contributed by atoms with Gasteiger partial charge in [0.1, 0.15) is 10.5 Å². The highest BCUT2D eigenvalue weighted by atomic mass is 79.9. The van der Waals surface area contributed by atoms with Crippen molar-refractivity contribution < 1.29 is 8.42 Å². The zero-order chi connectivity index (χ0) is 10.8. The molecular weight excluding hydrogens is 359 g/mol. The monoisotopic (exact) mass is 362 g/mol. The van der Waals surface area contributed by atoms with Gasteiger partial charge < -0.3 is 0 Å². The number of nitrogens with one attached hydrogen (secondary N) is 1. The molecule has 0 saturated carbocycles. The van der Waals surface area contributed by atoms with E-state index in [9.17, 15) is 8.42 Å². The maximum absolute atomic E-state index is 11.1. The molecule has 0 aliphatic carbocycles. The van der Waals surface area contributed by atoms with Crippen LogP contribution < -0.4 is 4.72 Å². The largest absolute Gasteiger partial charge is 0.267 e. The van der Waals surface area contributed by atoms with Gasteiger partial charge in [-0.05, 0) is 15.9 Å². The predicted molar refractivity (Wildman–Crippen MR) is 63.3 cm³/mol. The van der Waals surface area contributed by atoms with Gasteiger partial charge in [0.15, 0.2) is 0 Å². The molecule has 1 heterocycles. The summed E-state index contributed by atoms with van der Waals surface area (Å²) in [5.41, 5.74) is 0. The van der Waals surface area contributed by atoms with E-state index in [4.69, 9.17) is 11.6 Å². The summed E-state index contributed by atoms with van der Waals surface area (Å²) in [6.07, 6.45) is 1.43. The lowest BCUT2D eigenvalue weighted by Crippen LogP contribution is -2.14. The fourth-order valence-electron chi connectivity index (χ4n) is 0.657. The molecule has 0 atom stereocenters. The highest BCUT2D eigenvalue weighted by Gasteiger charge is 2.09. The number of alkyl halides is 1. The minimum Gasteiger partial charge on any atom is -0.267 e. The standard InChI is InChI=1S/C6H5Br2ClN2O2S/c7-3-14(12,13)11-6-1-5(9)4(8)2-10-6/h1-2H,3H2,(H,10,11). The van der Waals surface area contributed by atoms with Crippen LogP contribution in [0.1, 0.15) is 0 Å². The third-order valence-corrected chi connectivity index (χ3v) is 5.00. The highest BCUT2D eigenvalue weighted by molar-refractivity contribution is 9.11. The van der Waals surface area contributed by atoms with Crippen molar-refractivity contribution in [2.75, 3.05) is 9.38 Å². The molecule has 0 bridgehead atoms. The van der Waals surface area contributed by atoms with E-state index in [1.807, 2.05) is 0 Å². The first kappa shape index (κ1) is 12.2. The molecule has 0 unspecified atom stereocenters. The molecule has 0 aliphatic heterocycles. The number of nitrogens with zero attached hydrogens (tertiary/aromatic N) is 1. The van der Waals surface area contributed by atoms with Crippen LogP contribution in [0.5, 0.6) is 0 Å². The summed E-state index contributed by atoms with van der Waals surface area (Å²) in [7, 11) is -3.37. The number of sulfonamides is 1. The van der Waals surface area contributed by atoms with Crippen molar-refractivity contribution in [1.82, 2.24) is 4.98 Å². The Kier molecular flexibility index (Phi) is 4.17. The molecule has 1 N–H and O–H groups in total. The molecule has 8 heteroatoms. The zero-order valence-corrected chi connectivity index (χ0v) is 11.4. The summed E-state index contributed by atoms with van der Waals surface area (Å²) in [5, 5.41) is 0.396. The van der Waals surface area contributed by atoms with E-state index in [1.54, 1.807) is 0 Å². The van der Waals surface area contributed by atoms with Crippen LogP contribution in [-0.4, -0.2) is 18.1 Å². The molecule has 0 radical (unpaired) electrons. The summed E-state index contributed by atoms with van der Waals surface area (Å²) in [5.74, 6) is 0.192. The van der Waals surface area contributed by atoms with Gasteiger partial charge in [0.05, 0.1) is 9.50 Å². The van der Waals surface area contributed by atoms with Crippen LogP contribution in [0.25, 0.3) is 0 Å². The Morgan fingerprint density at radius 1 is 1.57 bits per heavy atom. The fourth-order valence-corrected chi connectivity index (χ4v) is 1.85. The third kappa shape index (κ3) is 3.38. The Morgan fingerprint density at radius 2 is 2.21 bits per heavy atom. The van der Waals surface area contributed by atoms with E-state index in [1.165, 1.54) is 12.3 Å². The predicted octanol–water partition coefficient (Wildman–Crippen LogP) is 2.59. The smallest absolute Gasteiger partial charge is 0.243 e. The molecular formula is C6H5Br2ClN2O2S. The summed E-state index contributed by atoms with van der Waals surface area (Å²) >= 11 is 11.7. The van der Waals surface area contributed by atoms with Crippen molar-refractivity contribution in [2.45, 2.75) is 0 Å². The van der Waals surface area contributed by atoms with Crippen LogP contribution in [0, 0.1) is 0 Å². The number of halogens is 3. The lowest BCUT2D eigenvalue weighted by molar-refractivity contribution is 0.606. The summed E-state index contributed by atoms with van der Waals surface area (Å²) in [6, 6.07) is 1.42. The summed E-state index contributed by atoms with van der Waals surface area (Å²) < 4.78 is 24.9. The second-order valence-electron chi connectivity index (χ2n) is 2.31. The SMILES string of the molecule is O=S(=O)(CBr)Nc1cc(Cl)c(Br)cn1. The van der Waals surface area contributed by atoms with Crippen molar-refractivity contribution in [1.29, 1.82) is 0 Å². The van der Waals surface area contributed by atoms with Crippen LogP contribution in [0.15, 0.2) is 16.7 Å².